The van der Waals surface area contributed by atoms with Crippen molar-refractivity contribution in [1.29, 1.82) is 0 Å². The quantitative estimate of drug-likeness (QED) is 0.848. The van der Waals surface area contributed by atoms with Gasteiger partial charge in [0, 0.05) is 19.6 Å². The molecule has 0 amide bonds. The fourth-order valence-electron chi connectivity index (χ4n) is 2.38. The minimum atomic E-state index is -3.62. The molecule has 0 saturated carbocycles. The van der Waals surface area contributed by atoms with Gasteiger partial charge in [-0.05, 0) is 31.5 Å². The van der Waals surface area contributed by atoms with Crippen molar-refractivity contribution >= 4 is 10.2 Å². The van der Waals surface area contributed by atoms with E-state index in [-0.39, 0.29) is 24.5 Å². The van der Waals surface area contributed by atoms with Crippen molar-refractivity contribution in [3.8, 4) is 5.75 Å². The van der Waals surface area contributed by atoms with Crippen molar-refractivity contribution in [3.63, 3.8) is 0 Å². The summed E-state index contributed by atoms with van der Waals surface area (Å²) in [5.41, 5.74) is 0.643. The van der Waals surface area contributed by atoms with Crippen LogP contribution in [0.1, 0.15) is 19.4 Å². The molecule has 6 nitrogen and oxygen atoms in total. The van der Waals surface area contributed by atoms with Gasteiger partial charge in [0.15, 0.2) is 0 Å². The molecule has 1 aliphatic heterocycles. The van der Waals surface area contributed by atoms with Crippen molar-refractivity contribution in [1.82, 2.24) is 9.03 Å². The zero-order valence-corrected chi connectivity index (χ0v) is 13.7. The maximum atomic E-state index is 12.3. The number of ether oxygens (including phenoxy) is 2. The van der Waals surface area contributed by atoms with E-state index in [0.29, 0.717) is 18.7 Å². The van der Waals surface area contributed by atoms with Gasteiger partial charge in [-0.1, -0.05) is 12.1 Å². The van der Waals surface area contributed by atoms with Gasteiger partial charge in [0.25, 0.3) is 10.2 Å². The lowest BCUT2D eigenvalue weighted by molar-refractivity contribution is -0.0498. The number of benzene rings is 1. The molecule has 0 radical (unpaired) electrons. The summed E-state index contributed by atoms with van der Waals surface area (Å²) in [5, 5.41) is 0. The summed E-state index contributed by atoms with van der Waals surface area (Å²) in [4.78, 5) is 0. The molecule has 23 heavy (non-hydrogen) atoms. The normalized spacial score (nSPS) is 23.2. The third-order valence-corrected chi connectivity index (χ3v) is 4.82. The number of alkyl halides is 2. The second-order valence-corrected chi connectivity index (χ2v) is 7.18. The lowest BCUT2D eigenvalue weighted by Gasteiger charge is -2.34. The van der Waals surface area contributed by atoms with E-state index in [9.17, 15) is 17.2 Å². The molecule has 1 saturated heterocycles. The highest BCUT2D eigenvalue weighted by Gasteiger charge is 2.30. The van der Waals surface area contributed by atoms with Crippen molar-refractivity contribution in [2.45, 2.75) is 39.2 Å². The third kappa shape index (κ3) is 5.38. The summed E-state index contributed by atoms with van der Waals surface area (Å²) in [6.45, 7) is 1.41. The van der Waals surface area contributed by atoms with E-state index >= 15 is 0 Å². The van der Waals surface area contributed by atoms with Crippen molar-refractivity contribution in [2.24, 2.45) is 0 Å². The van der Waals surface area contributed by atoms with Gasteiger partial charge in [-0.3, -0.25) is 0 Å². The summed E-state index contributed by atoms with van der Waals surface area (Å²) < 4.78 is 62.3. The number of halogens is 2. The third-order valence-electron chi connectivity index (χ3n) is 3.33. The second-order valence-electron chi connectivity index (χ2n) is 5.42. The number of hydrogen-bond donors (Lipinski definition) is 1. The molecule has 9 heteroatoms. The molecule has 1 aromatic carbocycles. The summed E-state index contributed by atoms with van der Waals surface area (Å²) >= 11 is 0. The van der Waals surface area contributed by atoms with Gasteiger partial charge < -0.3 is 9.47 Å². The number of nitrogens with one attached hydrogen (secondary N) is 1. The van der Waals surface area contributed by atoms with E-state index in [1.54, 1.807) is 0 Å². The molecule has 1 aliphatic rings. The Balaban J connectivity index is 1.93. The second kappa shape index (κ2) is 7.52. The van der Waals surface area contributed by atoms with Crippen LogP contribution in [0.25, 0.3) is 0 Å². The Morgan fingerprint density at radius 1 is 1.26 bits per heavy atom. The lowest BCUT2D eigenvalue weighted by atomic mass is 10.2. The van der Waals surface area contributed by atoms with Gasteiger partial charge in [0.2, 0.25) is 0 Å². The Kier molecular flexibility index (Phi) is 5.90. The summed E-state index contributed by atoms with van der Waals surface area (Å²) in [6.07, 6.45) is -0.331. The van der Waals surface area contributed by atoms with Crippen LogP contribution in [0.2, 0.25) is 0 Å². The molecule has 2 atom stereocenters. The van der Waals surface area contributed by atoms with E-state index < -0.39 is 16.8 Å². The molecular formula is C14H20F2N2O4S. The lowest BCUT2D eigenvalue weighted by Crippen LogP contribution is -2.51. The van der Waals surface area contributed by atoms with Gasteiger partial charge >= 0.3 is 6.61 Å². The Morgan fingerprint density at radius 3 is 2.35 bits per heavy atom. The topological polar surface area (TPSA) is 67.9 Å². The zero-order valence-electron chi connectivity index (χ0n) is 12.9. The molecule has 0 bridgehead atoms. The minimum absolute atomic E-state index is 0.0300. The van der Waals surface area contributed by atoms with Crippen LogP contribution in [-0.2, 0) is 21.5 Å². The molecule has 1 N–H and O–H groups in total. The zero-order chi connectivity index (χ0) is 17.0. The van der Waals surface area contributed by atoms with E-state index in [0.717, 1.165) is 0 Å². The van der Waals surface area contributed by atoms with Crippen LogP contribution in [0.15, 0.2) is 24.3 Å². The van der Waals surface area contributed by atoms with Crippen LogP contribution in [0.3, 0.4) is 0 Å². The van der Waals surface area contributed by atoms with Crippen LogP contribution >= 0.6 is 0 Å². The van der Waals surface area contributed by atoms with E-state index in [4.69, 9.17) is 4.74 Å². The van der Waals surface area contributed by atoms with Gasteiger partial charge in [-0.25, -0.2) is 0 Å². The largest absolute Gasteiger partial charge is 0.435 e. The maximum Gasteiger partial charge on any atom is 0.387 e. The molecule has 1 aromatic rings. The van der Waals surface area contributed by atoms with Crippen LogP contribution in [0.4, 0.5) is 8.78 Å². The molecule has 130 valence electrons. The van der Waals surface area contributed by atoms with Crippen LogP contribution < -0.4 is 9.46 Å². The predicted octanol–water partition coefficient (Wildman–Crippen LogP) is 1.73. The van der Waals surface area contributed by atoms with E-state index in [2.05, 4.69) is 9.46 Å². The molecule has 1 fully saturated rings. The highest BCUT2D eigenvalue weighted by Crippen LogP contribution is 2.16. The van der Waals surface area contributed by atoms with Crippen LogP contribution in [-0.4, -0.2) is 44.6 Å². The molecule has 0 aromatic heterocycles. The number of hydrogen-bond acceptors (Lipinski definition) is 4. The van der Waals surface area contributed by atoms with Gasteiger partial charge in [0.1, 0.15) is 5.75 Å². The monoisotopic (exact) mass is 350 g/mol. The number of nitrogens with zero attached hydrogens (tertiary/aromatic N) is 1. The first kappa shape index (κ1) is 18.1. The molecule has 2 rings (SSSR count). The molecule has 1 heterocycles. The number of morpholine rings is 1. The first-order valence-electron chi connectivity index (χ1n) is 7.20. The Labute approximate surface area is 134 Å². The standard InChI is InChI=1S/C14H20F2N2O4S/c1-10-8-18(9-11(2)21-10)23(19,20)17-7-12-3-5-13(6-4-12)22-14(15)16/h3-6,10-11,14,17H,7-9H2,1-2H3. The first-order chi connectivity index (χ1) is 10.8. The highest BCUT2D eigenvalue weighted by atomic mass is 32.2. The average molecular weight is 350 g/mol. The Hall–Kier alpha value is -1.29. The maximum absolute atomic E-state index is 12.3. The average Bonchev–Trinajstić information content (AvgIpc) is 2.45. The molecular weight excluding hydrogens is 330 g/mol. The summed E-state index contributed by atoms with van der Waals surface area (Å²) in [7, 11) is -3.62. The van der Waals surface area contributed by atoms with Gasteiger partial charge in [0.05, 0.1) is 12.2 Å². The fraction of sp³-hybridized carbons (Fsp3) is 0.571. The minimum Gasteiger partial charge on any atom is -0.435 e. The summed E-state index contributed by atoms with van der Waals surface area (Å²) in [6, 6.07) is 5.80. The van der Waals surface area contributed by atoms with Gasteiger partial charge in [-0.2, -0.15) is 26.2 Å². The number of rotatable bonds is 6. The van der Waals surface area contributed by atoms with E-state index in [1.807, 2.05) is 13.8 Å². The first-order valence-corrected chi connectivity index (χ1v) is 8.64. The molecule has 0 spiro atoms. The van der Waals surface area contributed by atoms with Crippen LogP contribution in [0.5, 0.6) is 5.75 Å². The Morgan fingerprint density at radius 2 is 1.83 bits per heavy atom. The fourth-order valence-corrected chi connectivity index (χ4v) is 3.73. The van der Waals surface area contributed by atoms with E-state index in [1.165, 1.54) is 28.6 Å². The van der Waals surface area contributed by atoms with Crippen molar-refractivity contribution in [3.05, 3.63) is 29.8 Å². The molecule has 0 aliphatic carbocycles. The SMILES string of the molecule is CC1CN(S(=O)(=O)NCc2ccc(OC(F)F)cc2)CC(C)O1. The van der Waals surface area contributed by atoms with Gasteiger partial charge in [-0.15, -0.1) is 0 Å². The smallest absolute Gasteiger partial charge is 0.387 e. The Bertz CT molecular complexity index is 600. The highest BCUT2D eigenvalue weighted by molar-refractivity contribution is 7.87. The summed E-state index contributed by atoms with van der Waals surface area (Å²) in [5.74, 6) is 0.0300. The molecule has 2 unspecified atom stereocenters. The van der Waals surface area contributed by atoms with Crippen LogP contribution in [0, 0.1) is 0 Å². The van der Waals surface area contributed by atoms with Crippen molar-refractivity contribution in [2.75, 3.05) is 13.1 Å². The predicted molar refractivity (Wildman–Crippen MR) is 80.4 cm³/mol. The van der Waals surface area contributed by atoms with Crippen molar-refractivity contribution < 1.29 is 26.7 Å².